The van der Waals surface area contributed by atoms with Gasteiger partial charge < -0.3 is 4.90 Å². The molecule has 114 valence electrons. The van der Waals surface area contributed by atoms with E-state index in [1.165, 1.54) is 0 Å². The van der Waals surface area contributed by atoms with Crippen LogP contribution in [0, 0.1) is 23.7 Å². The Morgan fingerprint density at radius 1 is 1.48 bits per heavy atom. The summed E-state index contributed by atoms with van der Waals surface area (Å²) in [7, 11) is 1.83. The SMILES string of the molecule is C=C1C(C)(C)[C@H]2CC[C@@]1(C(=O)N(C)Cc1nonc1C)C2. The first kappa shape index (κ1) is 14.3. The minimum atomic E-state index is -0.367. The molecule has 0 aliphatic heterocycles. The zero-order chi connectivity index (χ0) is 15.4. The van der Waals surface area contributed by atoms with E-state index in [1.54, 1.807) is 4.90 Å². The van der Waals surface area contributed by atoms with Crippen LogP contribution in [0.1, 0.15) is 44.5 Å². The fourth-order valence-electron chi connectivity index (χ4n) is 4.18. The number of nitrogens with zero attached hydrogens (tertiary/aromatic N) is 3. The van der Waals surface area contributed by atoms with Gasteiger partial charge in [0, 0.05) is 7.05 Å². The van der Waals surface area contributed by atoms with Crippen molar-refractivity contribution in [2.45, 2.75) is 46.6 Å². The Balaban J connectivity index is 1.82. The van der Waals surface area contributed by atoms with E-state index in [2.05, 4.69) is 30.7 Å². The Bertz CT molecular complexity index is 604. The summed E-state index contributed by atoms with van der Waals surface area (Å²) in [5.41, 5.74) is 2.27. The second-order valence-corrected chi connectivity index (χ2v) is 7.18. The third-order valence-electron chi connectivity index (χ3n) is 5.78. The van der Waals surface area contributed by atoms with E-state index in [0.717, 1.165) is 36.2 Å². The molecular weight excluding hydrogens is 266 g/mol. The standard InChI is InChI=1S/C16H23N3O2/c1-10-13(18-21-17-10)9-19(5)14(20)16-7-6-12(8-16)15(3,4)11(16)2/h12H,2,6-9H2,1,3-5H3/t12-,16+/m0/s1. The molecule has 5 nitrogen and oxygen atoms in total. The van der Waals surface area contributed by atoms with Crippen molar-refractivity contribution in [3.63, 3.8) is 0 Å². The lowest BCUT2D eigenvalue weighted by molar-refractivity contribution is -0.139. The molecule has 0 spiro atoms. The van der Waals surface area contributed by atoms with Gasteiger partial charge in [-0.3, -0.25) is 4.79 Å². The van der Waals surface area contributed by atoms with Gasteiger partial charge in [0.05, 0.1) is 12.0 Å². The van der Waals surface area contributed by atoms with E-state index in [4.69, 9.17) is 4.63 Å². The first-order valence-electron chi connectivity index (χ1n) is 7.52. The number of hydrogen-bond acceptors (Lipinski definition) is 4. The molecule has 2 aliphatic rings. The zero-order valence-electron chi connectivity index (χ0n) is 13.3. The van der Waals surface area contributed by atoms with Crippen LogP contribution >= 0.6 is 0 Å². The number of rotatable bonds is 3. The summed E-state index contributed by atoms with van der Waals surface area (Å²) in [4.78, 5) is 14.8. The molecule has 2 aliphatic carbocycles. The predicted molar refractivity (Wildman–Crippen MR) is 78.2 cm³/mol. The molecule has 1 amide bonds. The fraction of sp³-hybridized carbons (Fsp3) is 0.688. The van der Waals surface area contributed by atoms with Crippen molar-refractivity contribution in [3.8, 4) is 0 Å². The molecule has 0 aromatic carbocycles. The normalized spacial score (nSPS) is 29.9. The molecule has 0 N–H and O–H groups in total. The second kappa shape index (κ2) is 4.42. The van der Waals surface area contributed by atoms with Crippen molar-refractivity contribution < 1.29 is 9.42 Å². The van der Waals surface area contributed by atoms with E-state index < -0.39 is 0 Å². The average Bonchev–Trinajstić information content (AvgIpc) is 3.08. The largest absolute Gasteiger partial charge is 0.339 e. The first-order chi connectivity index (χ1) is 9.79. The summed E-state index contributed by atoms with van der Waals surface area (Å²) in [5, 5.41) is 7.64. The number of aryl methyl sites for hydroxylation is 1. The van der Waals surface area contributed by atoms with Gasteiger partial charge >= 0.3 is 0 Å². The van der Waals surface area contributed by atoms with Crippen LogP contribution in [0.25, 0.3) is 0 Å². The van der Waals surface area contributed by atoms with Gasteiger partial charge in [0.25, 0.3) is 0 Å². The quantitative estimate of drug-likeness (QED) is 0.803. The molecule has 5 heteroatoms. The summed E-state index contributed by atoms with van der Waals surface area (Å²) < 4.78 is 4.71. The number of aromatic nitrogens is 2. The van der Waals surface area contributed by atoms with Gasteiger partial charge in [0.15, 0.2) is 0 Å². The van der Waals surface area contributed by atoms with Crippen LogP contribution in [0.2, 0.25) is 0 Å². The lowest BCUT2D eigenvalue weighted by atomic mass is 9.68. The van der Waals surface area contributed by atoms with Gasteiger partial charge in [0.1, 0.15) is 11.4 Å². The first-order valence-corrected chi connectivity index (χ1v) is 7.52. The van der Waals surface area contributed by atoms with Gasteiger partial charge in [0.2, 0.25) is 5.91 Å². The third-order valence-corrected chi connectivity index (χ3v) is 5.78. The minimum absolute atomic E-state index is 0.0696. The highest BCUT2D eigenvalue weighted by molar-refractivity contribution is 5.87. The Morgan fingerprint density at radius 2 is 2.19 bits per heavy atom. The summed E-state index contributed by atoms with van der Waals surface area (Å²) in [6.45, 7) is 11.0. The number of carbonyl (C=O) groups is 1. The van der Waals surface area contributed by atoms with Crippen molar-refractivity contribution in [2.24, 2.45) is 16.7 Å². The maximum absolute atomic E-state index is 13.0. The number of hydrogen-bond donors (Lipinski definition) is 0. The predicted octanol–water partition coefficient (Wildman–Crippen LogP) is 2.72. The Labute approximate surface area is 125 Å². The van der Waals surface area contributed by atoms with Gasteiger partial charge in [-0.15, -0.1) is 0 Å². The molecule has 0 saturated heterocycles. The molecule has 1 heterocycles. The third kappa shape index (κ3) is 1.86. The molecule has 2 bridgehead atoms. The molecule has 2 atom stereocenters. The van der Waals surface area contributed by atoms with Crippen molar-refractivity contribution in [3.05, 3.63) is 23.5 Å². The van der Waals surface area contributed by atoms with Crippen LogP contribution in [-0.4, -0.2) is 28.2 Å². The summed E-state index contributed by atoms with van der Waals surface area (Å²) in [5.74, 6) is 0.751. The van der Waals surface area contributed by atoms with Crippen LogP contribution < -0.4 is 0 Å². The van der Waals surface area contributed by atoms with Crippen LogP contribution in [0.5, 0.6) is 0 Å². The van der Waals surface area contributed by atoms with Gasteiger partial charge in [-0.25, -0.2) is 4.63 Å². The Hall–Kier alpha value is -1.65. The lowest BCUT2D eigenvalue weighted by Crippen LogP contribution is -2.42. The van der Waals surface area contributed by atoms with Crippen molar-refractivity contribution in [1.29, 1.82) is 0 Å². The summed E-state index contributed by atoms with van der Waals surface area (Å²) >= 11 is 0. The van der Waals surface area contributed by atoms with E-state index in [9.17, 15) is 4.79 Å². The summed E-state index contributed by atoms with van der Waals surface area (Å²) in [6.07, 6.45) is 2.99. The molecule has 2 saturated carbocycles. The van der Waals surface area contributed by atoms with E-state index >= 15 is 0 Å². The smallest absolute Gasteiger partial charge is 0.233 e. The van der Waals surface area contributed by atoms with Gasteiger partial charge in [-0.05, 0) is 37.5 Å². The highest BCUT2D eigenvalue weighted by atomic mass is 16.6. The molecule has 0 radical (unpaired) electrons. The molecule has 3 rings (SSSR count). The van der Waals surface area contributed by atoms with E-state index in [-0.39, 0.29) is 16.7 Å². The fourth-order valence-corrected chi connectivity index (χ4v) is 4.18. The second-order valence-electron chi connectivity index (χ2n) is 7.18. The minimum Gasteiger partial charge on any atom is -0.339 e. The van der Waals surface area contributed by atoms with Crippen LogP contribution in [-0.2, 0) is 11.3 Å². The van der Waals surface area contributed by atoms with Gasteiger partial charge in [-0.2, -0.15) is 0 Å². The van der Waals surface area contributed by atoms with Crippen LogP contribution in [0.3, 0.4) is 0 Å². The molecular formula is C16H23N3O2. The average molecular weight is 289 g/mol. The Morgan fingerprint density at radius 3 is 2.71 bits per heavy atom. The zero-order valence-corrected chi connectivity index (χ0v) is 13.3. The molecule has 1 aromatic heterocycles. The highest BCUT2D eigenvalue weighted by Gasteiger charge is 2.61. The maximum Gasteiger partial charge on any atom is 0.233 e. The van der Waals surface area contributed by atoms with E-state index in [1.807, 2.05) is 14.0 Å². The van der Waals surface area contributed by atoms with Crippen molar-refractivity contribution in [2.75, 3.05) is 7.05 Å². The van der Waals surface area contributed by atoms with Crippen molar-refractivity contribution >= 4 is 5.91 Å². The highest BCUT2D eigenvalue weighted by Crippen LogP contribution is 2.65. The topological polar surface area (TPSA) is 59.2 Å². The number of amides is 1. The maximum atomic E-state index is 13.0. The van der Waals surface area contributed by atoms with Gasteiger partial charge in [-0.1, -0.05) is 36.3 Å². The monoisotopic (exact) mass is 289 g/mol. The molecule has 21 heavy (non-hydrogen) atoms. The number of fused-ring (bicyclic) bond motifs is 2. The summed E-state index contributed by atoms with van der Waals surface area (Å²) in [6, 6.07) is 0. The van der Waals surface area contributed by atoms with Crippen LogP contribution in [0.15, 0.2) is 16.8 Å². The molecule has 2 fully saturated rings. The molecule has 0 unspecified atom stereocenters. The van der Waals surface area contributed by atoms with E-state index in [0.29, 0.717) is 12.5 Å². The number of carbonyl (C=O) groups excluding carboxylic acids is 1. The Kier molecular flexibility index (Phi) is 3.01. The van der Waals surface area contributed by atoms with Crippen molar-refractivity contribution in [1.82, 2.24) is 15.2 Å². The lowest BCUT2D eigenvalue weighted by Gasteiger charge is -2.38. The molecule has 1 aromatic rings. The van der Waals surface area contributed by atoms with Crippen LogP contribution in [0.4, 0.5) is 0 Å².